The van der Waals surface area contributed by atoms with E-state index in [9.17, 15) is 10.1 Å². The summed E-state index contributed by atoms with van der Waals surface area (Å²) in [5, 5.41) is 11.6. The van der Waals surface area contributed by atoms with Gasteiger partial charge in [0.25, 0.3) is 0 Å². The molecule has 0 saturated carbocycles. The molecule has 26 heavy (non-hydrogen) atoms. The lowest BCUT2D eigenvalue weighted by Gasteiger charge is -2.34. The van der Waals surface area contributed by atoms with Gasteiger partial charge in [0.1, 0.15) is 0 Å². The van der Waals surface area contributed by atoms with Crippen LogP contribution in [0.25, 0.3) is 5.65 Å². The smallest absolute Gasteiger partial charge is 0.358 e. The molecule has 7 heteroatoms. The van der Waals surface area contributed by atoms with E-state index in [4.69, 9.17) is 0 Å². The first-order valence-corrected chi connectivity index (χ1v) is 8.77. The predicted octanol–water partition coefficient (Wildman–Crippen LogP) is 2.87. The van der Waals surface area contributed by atoms with Crippen LogP contribution < -0.4 is 4.90 Å². The standard InChI is InChI=1S/C19H21N5O2/c1-15-6-2-3-7-16(15)14-21-10-12-22(13-11-21)18-19(24(25)26)23-9-5-4-8-17(23)20-18/h2-9H,10-14H2,1H3. The molecule has 0 amide bonds. The topological polar surface area (TPSA) is 66.9 Å². The van der Waals surface area contributed by atoms with Gasteiger partial charge in [-0.1, -0.05) is 30.3 Å². The molecule has 0 atom stereocenters. The summed E-state index contributed by atoms with van der Waals surface area (Å²) in [4.78, 5) is 20.2. The van der Waals surface area contributed by atoms with Gasteiger partial charge < -0.3 is 15.0 Å². The fourth-order valence-corrected chi connectivity index (χ4v) is 3.50. The van der Waals surface area contributed by atoms with Gasteiger partial charge in [-0.15, -0.1) is 0 Å². The number of hydrogen-bond acceptors (Lipinski definition) is 5. The maximum Gasteiger partial charge on any atom is 0.372 e. The van der Waals surface area contributed by atoms with Crippen LogP contribution in [0.5, 0.6) is 0 Å². The summed E-state index contributed by atoms with van der Waals surface area (Å²) in [5.41, 5.74) is 3.24. The highest BCUT2D eigenvalue weighted by Crippen LogP contribution is 2.29. The Kier molecular flexibility index (Phi) is 4.30. The molecule has 1 aliphatic heterocycles. The van der Waals surface area contributed by atoms with Gasteiger partial charge in [-0.25, -0.2) is 0 Å². The molecular weight excluding hydrogens is 330 g/mol. The van der Waals surface area contributed by atoms with E-state index in [-0.39, 0.29) is 10.7 Å². The Balaban J connectivity index is 1.52. The molecule has 2 aromatic heterocycles. The number of anilines is 1. The Bertz CT molecular complexity index is 944. The third-order valence-corrected chi connectivity index (χ3v) is 4.99. The van der Waals surface area contributed by atoms with E-state index < -0.39 is 0 Å². The first kappa shape index (κ1) is 16.5. The van der Waals surface area contributed by atoms with Crippen LogP contribution in [0.4, 0.5) is 11.6 Å². The maximum absolute atomic E-state index is 11.6. The molecule has 0 aliphatic carbocycles. The number of aryl methyl sites for hydroxylation is 1. The average molecular weight is 351 g/mol. The Hall–Kier alpha value is -2.93. The molecule has 134 valence electrons. The van der Waals surface area contributed by atoms with E-state index in [0.717, 1.165) is 32.7 Å². The molecule has 1 fully saturated rings. The summed E-state index contributed by atoms with van der Waals surface area (Å²) in [7, 11) is 0. The van der Waals surface area contributed by atoms with Crippen molar-refractivity contribution in [1.82, 2.24) is 14.3 Å². The van der Waals surface area contributed by atoms with Gasteiger partial charge in [0.2, 0.25) is 11.5 Å². The van der Waals surface area contributed by atoms with Crippen molar-refractivity contribution in [3.05, 3.63) is 69.9 Å². The Morgan fingerprint density at radius 3 is 2.54 bits per heavy atom. The number of pyridine rings is 1. The Labute approximate surface area is 151 Å². The summed E-state index contributed by atoms with van der Waals surface area (Å²) >= 11 is 0. The van der Waals surface area contributed by atoms with Crippen LogP contribution in [-0.2, 0) is 6.54 Å². The number of nitro groups is 1. The fraction of sp³-hybridized carbons (Fsp3) is 0.316. The molecule has 0 N–H and O–H groups in total. The molecule has 7 nitrogen and oxygen atoms in total. The second-order valence-corrected chi connectivity index (χ2v) is 6.63. The number of aromatic nitrogens is 2. The van der Waals surface area contributed by atoms with Crippen LogP contribution in [0.15, 0.2) is 48.7 Å². The van der Waals surface area contributed by atoms with Crippen LogP contribution in [-0.4, -0.2) is 45.4 Å². The van der Waals surface area contributed by atoms with E-state index in [1.54, 1.807) is 22.7 Å². The van der Waals surface area contributed by atoms with E-state index >= 15 is 0 Å². The Morgan fingerprint density at radius 1 is 1.08 bits per heavy atom. The average Bonchev–Trinajstić information content (AvgIpc) is 3.04. The van der Waals surface area contributed by atoms with Crippen LogP contribution in [0.3, 0.4) is 0 Å². The minimum absolute atomic E-state index is 0.0490. The van der Waals surface area contributed by atoms with Crippen molar-refractivity contribution in [2.45, 2.75) is 13.5 Å². The fourth-order valence-electron chi connectivity index (χ4n) is 3.50. The molecule has 0 radical (unpaired) electrons. The van der Waals surface area contributed by atoms with Crippen molar-refractivity contribution < 1.29 is 4.92 Å². The lowest BCUT2D eigenvalue weighted by atomic mass is 10.1. The van der Waals surface area contributed by atoms with Gasteiger partial charge >= 0.3 is 5.82 Å². The summed E-state index contributed by atoms with van der Waals surface area (Å²) in [6.45, 7) is 6.23. The van der Waals surface area contributed by atoms with Gasteiger partial charge in [-0.3, -0.25) is 4.90 Å². The second kappa shape index (κ2) is 6.76. The minimum atomic E-state index is -0.338. The largest absolute Gasteiger partial charge is 0.372 e. The number of benzene rings is 1. The summed E-state index contributed by atoms with van der Waals surface area (Å²) in [5.74, 6) is 0.518. The second-order valence-electron chi connectivity index (χ2n) is 6.63. The third kappa shape index (κ3) is 3.01. The predicted molar refractivity (Wildman–Crippen MR) is 101 cm³/mol. The summed E-state index contributed by atoms with van der Waals surface area (Å²) in [6.07, 6.45) is 1.69. The third-order valence-electron chi connectivity index (χ3n) is 4.99. The van der Waals surface area contributed by atoms with Gasteiger partial charge in [-0.05, 0) is 29.0 Å². The highest BCUT2D eigenvalue weighted by atomic mass is 16.6. The highest BCUT2D eigenvalue weighted by Gasteiger charge is 2.29. The minimum Gasteiger partial charge on any atom is -0.358 e. The zero-order valence-electron chi connectivity index (χ0n) is 14.7. The van der Waals surface area contributed by atoms with Crippen LogP contribution in [0.2, 0.25) is 0 Å². The first-order valence-electron chi connectivity index (χ1n) is 8.77. The SMILES string of the molecule is Cc1ccccc1CN1CCN(c2nc3ccccn3c2[N+](=O)[O-])CC1. The molecule has 0 unspecified atom stereocenters. The summed E-state index contributed by atoms with van der Waals surface area (Å²) < 4.78 is 1.55. The zero-order chi connectivity index (χ0) is 18.1. The van der Waals surface area contributed by atoms with Crippen LogP contribution >= 0.6 is 0 Å². The number of nitrogens with zero attached hydrogens (tertiary/aromatic N) is 5. The maximum atomic E-state index is 11.6. The molecule has 4 rings (SSSR count). The van der Waals surface area contributed by atoms with Crippen molar-refractivity contribution in [2.24, 2.45) is 0 Å². The molecule has 1 aliphatic rings. The molecule has 0 spiro atoms. The van der Waals surface area contributed by atoms with Crippen LogP contribution in [0.1, 0.15) is 11.1 Å². The van der Waals surface area contributed by atoms with E-state index in [1.165, 1.54) is 11.1 Å². The van der Waals surface area contributed by atoms with Gasteiger partial charge in [-0.2, -0.15) is 9.38 Å². The number of piperazine rings is 1. The lowest BCUT2D eigenvalue weighted by molar-refractivity contribution is -0.389. The quantitative estimate of drug-likeness (QED) is 0.534. The normalized spacial score (nSPS) is 15.5. The van der Waals surface area contributed by atoms with Crippen molar-refractivity contribution in [1.29, 1.82) is 0 Å². The monoisotopic (exact) mass is 351 g/mol. The van der Waals surface area contributed by atoms with E-state index in [1.807, 2.05) is 11.0 Å². The molecule has 1 aromatic carbocycles. The van der Waals surface area contributed by atoms with E-state index in [2.05, 4.69) is 41.1 Å². The molecule has 3 aromatic rings. The molecule has 3 heterocycles. The van der Waals surface area contributed by atoms with E-state index in [0.29, 0.717) is 11.5 Å². The first-order chi connectivity index (χ1) is 12.6. The van der Waals surface area contributed by atoms with Crippen LogP contribution in [0, 0.1) is 17.0 Å². The summed E-state index contributed by atoms with van der Waals surface area (Å²) in [6, 6.07) is 13.8. The highest BCUT2D eigenvalue weighted by molar-refractivity contribution is 5.63. The van der Waals surface area contributed by atoms with Gasteiger partial charge in [0.05, 0.1) is 6.20 Å². The zero-order valence-corrected chi connectivity index (χ0v) is 14.7. The molecule has 0 bridgehead atoms. The van der Waals surface area contributed by atoms with Crippen molar-refractivity contribution in [2.75, 3.05) is 31.1 Å². The number of rotatable bonds is 4. The molecular formula is C19H21N5O2. The number of imidazole rings is 1. The molecule has 1 saturated heterocycles. The van der Waals surface area contributed by atoms with Gasteiger partial charge in [0.15, 0.2) is 0 Å². The number of fused-ring (bicyclic) bond motifs is 1. The van der Waals surface area contributed by atoms with Gasteiger partial charge in [0, 0.05) is 38.8 Å². The van der Waals surface area contributed by atoms with Crippen molar-refractivity contribution in [3.8, 4) is 0 Å². The van der Waals surface area contributed by atoms with Crippen molar-refractivity contribution >= 4 is 17.3 Å². The number of hydrogen-bond donors (Lipinski definition) is 0. The Morgan fingerprint density at radius 2 is 1.81 bits per heavy atom. The van der Waals surface area contributed by atoms with Crippen molar-refractivity contribution in [3.63, 3.8) is 0 Å². The lowest BCUT2D eigenvalue weighted by Crippen LogP contribution is -2.46.